The van der Waals surface area contributed by atoms with Crippen LogP contribution in [0.3, 0.4) is 0 Å². The van der Waals surface area contributed by atoms with Gasteiger partial charge in [-0.2, -0.15) is 0 Å². The van der Waals surface area contributed by atoms with E-state index in [1.165, 1.54) is 24.8 Å². The predicted molar refractivity (Wildman–Crippen MR) is 82.2 cm³/mol. The van der Waals surface area contributed by atoms with Crippen LogP contribution in [0.5, 0.6) is 5.75 Å². The lowest BCUT2D eigenvalue weighted by molar-refractivity contribution is -0.130. The van der Waals surface area contributed by atoms with Crippen molar-refractivity contribution in [2.75, 3.05) is 26.2 Å². The molecule has 4 heteroatoms. The van der Waals surface area contributed by atoms with Gasteiger partial charge in [-0.3, -0.25) is 9.69 Å². The molecule has 2 aliphatic rings. The minimum atomic E-state index is 0.187. The Bertz CT molecular complexity index is 474. The van der Waals surface area contributed by atoms with Gasteiger partial charge in [0.2, 0.25) is 5.91 Å². The second-order valence-corrected chi connectivity index (χ2v) is 6.10. The number of rotatable bonds is 4. The van der Waals surface area contributed by atoms with Gasteiger partial charge in [0, 0.05) is 39.6 Å². The van der Waals surface area contributed by atoms with E-state index in [1.807, 2.05) is 4.90 Å². The Morgan fingerprint density at radius 3 is 2.33 bits per heavy atom. The summed E-state index contributed by atoms with van der Waals surface area (Å²) in [5.74, 6) is 1.18. The van der Waals surface area contributed by atoms with Crippen LogP contribution in [-0.2, 0) is 11.3 Å². The van der Waals surface area contributed by atoms with Crippen LogP contribution < -0.4 is 4.74 Å². The number of ether oxygens (including phenoxy) is 1. The van der Waals surface area contributed by atoms with Crippen molar-refractivity contribution in [1.82, 2.24) is 9.80 Å². The van der Waals surface area contributed by atoms with Gasteiger partial charge in [-0.25, -0.2) is 0 Å². The average Bonchev–Trinajstić information content (AvgIpc) is 2.45. The second-order valence-electron chi connectivity index (χ2n) is 6.10. The summed E-state index contributed by atoms with van der Waals surface area (Å²) < 4.78 is 5.88. The number of carbonyl (C=O) groups excluding carboxylic acids is 1. The maximum atomic E-state index is 11.3. The fraction of sp³-hybridized carbons (Fsp3) is 0.588. The number of benzene rings is 1. The van der Waals surface area contributed by atoms with E-state index in [1.54, 1.807) is 6.92 Å². The average molecular weight is 288 g/mol. The maximum absolute atomic E-state index is 11.3. The number of carbonyl (C=O) groups is 1. The Morgan fingerprint density at radius 2 is 1.81 bits per heavy atom. The molecule has 0 N–H and O–H groups in total. The van der Waals surface area contributed by atoms with Gasteiger partial charge in [-0.1, -0.05) is 12.1 Å². The molecule has 0 atom stereocenters. The molecule has 0 spiro atoms. The van der Waals surface area contributed by atoms with Crippen molar-refractivity contribution in [2.24, 2.45) is 0 Å². The van der Waals surface area contributed by atoms with Gasteiger partial charge in [-0.05, 0) is 37.0 Å². The van der Waals surface area contributed by atoms with E-state index >= 15 is 0 Å². The molecular formula is C17H24N2O2. The quantitative estimate of drug-likeness (QED) is 0.852. The summed E-state index contributed by atoms with van der Waals surface area (Å²) in [7, 11) is 0. The first-order valence-electron chi connectivity index (χ1n) is 7.94. The van der Waals surface area contributed by atoms with E-state index in [9.17, 15) is 4.79 Å². The molecule has 0 bridgehead atoms. The molecule has 4 nitrogen and oxygen atoms in total. The molecular weight excluding hydrogens is 264 g/mol. The fourth-order valence-electron chi connectivity index (χ4n) is 2.83. The third-order valence-electron chi connectivity index (χ3n) is 4.50. The zero-order valence-electron chi connectivity index (χ0n) is 12.8. The van der Waals surface area contributed by atoms with Crippen molar-refractivity contribution in [3.63, 3.8) is 0 Å². The Labute approximate surface area is 126 Å². The van der Waals surface area contributed by atoms with Gasteiger partial charge in [0.05, 0.1) is 6.10 Å². The SMILES string of the molecule is CC(=O)N1CCN(Cc2ccc(OC3CCC3)cc2)CC1. The fourth-order valence-corrected chi connectivity index (χ4v) is 2.83. The summed E-state index contributed by atoms with van der Waals surface area (Å²) in [6, 6.07) is 8.48. The highest BCUT2D eigenvalue weighted by molar-refractivity contribution is 5.73. The van der Waals surface area contributed by atoms with Crippen LogP contribution in [0.2, 0.25) is 0 Å². The number of hydrogen-bond acceptors (Lipinski definition) is 3. The van der Waals surface area contributed by atoms with Crippen LogP contribution in [0, 0.1) is 0 Å². The van der Waals surface area contributed by atoms with Crippen molar-refractivity contribution in [2.45, 2.75) is 38.8 Å². The first-order valence-corrected chi connectivity index (χ1v) is 7.94. The van der Waals surface area contributed by atoms with Crippen molar-refractivity contribution in [1.29, 1.82) is 0 Å². The van der Waals surface area contributed by atoms with Crippen molar-refractivity contribution in [3.8, 4) is 5.75 Å². The second kappa shape index (κ2) is 6.48. The third kappa shape index (κ3) is 3.76. The molecule has 0 unspecified atom stereocenters. The summed E-state index contributed by atoms with van der Waals surface area (Å²) in [6.45, 7) is 6.21. The highest BCUT2D eigenvalue weighted by Gasteiger charge is 2.20. The summed E-state index contributed by atoms with van der Waals surface area (Å²) >= 11 is 0. The predicted octanol–water partition coefficient (Wildman–Crippen LogP) is 2.28. The zero-order chi connectivity index (χ0) is 14.7. The van der Waals surface area contributed by atoms with Crippen molar-refractivity contribution in [3.05, 3.63) is 29.8 Å². The summed E-state index contributed by atoms with van der Waals surface area (Å²) in [5.41, 5.74) is 1.31. The van der Waals surface area contributed by atoms with Crippen LogP contribution in [0.4, 0.5) is 0 Å². The molecule has 0 radical (unpaired) electrons. The number of amides is 1. The largest absolute Gasteiger partial charge is 0.490 e. The maximum Gasteiger partial charge on any atom is 0.219 e. The van der Waals surface area contributed by atoms with Gasteiger partial charge in [0.25, 0.3) is 0 Å². The molecule has 0 aromatic heterocycles. The summed E-state index contributed by atoms with van der Waals surface area (Å²) in [4.78, 5) is 15.6. The molecule has 1 aliphatic heterocycles. The van der Waals surface area contributed by atoms with E-state index in [2.05, 4.69) is 29.2 Å². The van der Waals surface area contributed by atoms with Gasteiger partial charge in [0.1, 0.15) is 5.75 Å². The van der Waals surface area contributed by atoms with E-state index in [4.69, 9.17) is 4.74 Å². The number of hydrogen-bond donors (Lipinski definition) is 0. The van der Waals surface area contributed by atoms with Gasteiger partial charge < -0.3 is 9.64 Å². The van der Waals surface area contributed by atoms with Crippen molar-refractivity contribution < 1.29 is 9.53 Å². The molecule has 21 heavy (non-hydrogen) atoms. The van der Waals surface area contributed by atoms with Crippen LogP contribution in [0.1, 0.15) is 31.7 Å². The third-order valence-corrected chi connectivity index (χ3v) is 4.50. The van der Waals surface area contributed by atoms with E-state index < -0.39 is 0 Å². The lowest BCUT2D eigenvalue weighted by Gasteiger charge is -2.34. The van der Waals surface area contributed by atoms with Gasteiger partial charge in [0.15, 0.2) is 0 Å². The van der Waals surface area contributed by atoms with Crippen LogP contribution in [0.25, 0.3) is 0 Å². The Morgan fingerprint density at radius 1 is 1.14 bits per heavy atom. The molecule has 1 aliphatic carbocycles. The Kier molecular flexibility index (Phi) is 4.44. The van der Waals surface area contributed by atoms with Crippen LogP contribution in [0.15, 0.2) is 24.3 Å². The topological polar surface area (TPSA) is 32.8 Å². The Balaban J connectivity index is 1.48. The highest BCUT2D eigenvalue weighted by Crippen LogP contribution is 2.25. The molecule has 1 aromatic rings. The first kappa shape index (κ1) is 14.4. The molecule has 1 amide bonds. The molecule has 1 aromatic carbocycles. The molecule has 2 fully saturated rings. The van der Waals surface area contributed by atoms with Crippen molar-refractivity contribution >= 4 is 5.91 Å². The summed E-state index contributed by atoms with van der Waals surface area (Å²) in [5, 5.41) is 0. The monoisotopic (exact) mass is 288 g/mol. The van der Waals surface area contributed by atoms with E-state index in [0.29, 0.717) is 6.10 Å². The van der Waals surface area contributed by atoms with E-state index in [-0.39, 0.29) is 5.91 Å². The molecule has 3 rings (SSSR count). The lowest BCUT2D eigenvalue weighted by Crippen LogP contribution is -2.47. The van der Waals surface area contributed by atoms with Crippen LogP contribution >= 0.6 is 0 Å². The highest BCUT2D eigenvalue weighted by atomic mass is 16.5. The molecule has 114 valence electrons. The van der Waals surface area contributed by atoms with E-state index in [0.717, 1.165) is 38.5 Å². The normalized spacial score (nSPS) is 20.1. The minimum Gasteiger partial charge on any atom is -0.490 e. The van der Waals surface area contributed by atoms with Gasteiger partial charge in [-0.15, -0.1) is 0 Å². The standard InChI is InChI=1S/C17H24N2O2/c1-14(20)19-11-9-18(10-12-19)13-15-5-7-17(8-6-15)21-16-3-2-4-16/h5-8,16H,2-4,9-13H2,1H3. The minimum absolute atomic E-state index is 0.187. The molecule has 1 heterocycles. The first-order chi connectivity index (χ1) is 10.2. The number of nitrogens with zero attached hydrogens (tertiary/aromatic N) is 2. The zero-order valence-corrected chi connectivity index (χ0v) is 12.8. The molecule has 1 saturated carbocycles. The van der Waals surface area contributed by atoms with Crippen LogP contribution in [-0.4, -0.2) is 48.0 Å². The Hall–Kier alpha value is -1.55. The lowest BCUT2D eigenvalue weighted by atomic mass is 9.96. The van der Waals surface area contributed by atoms with Gasteiger partial charge >= 0.3 is 0 Å². The molecule has 1 saturated heterocycles. The smallest absolute Gasteiger partial charge is 0.219 e. The number of piperazine rings is 1. The summed E-state index contributed by atoms with van der Waals surface area (Å²) in [6.07, 6.45) is 4.13.